The third kappa shape index (κ3) is 2.89. The first-order valence-electron chi connectivity index (χ1n) is 7.82. The zero-order chi connectivity index (χ0) is 17.9. The minimum atomic E-state index is -1.58. The lowest BCUT2D eigenvalue weighted by molar-refractivity contribution is -0.169. The summed E-state index contributed by atoms with van der Waals surface area (Å²) in [6.45, 7) is 0. The smallest absolute Gasteiger partial charge is 0.375 e. The third-order valence-electron chi connectivity index (χ3n) is 4.16. The van der Waals surface area contributed by atoms with Crippen LogP contribution in [-0.2, 0) is 30.2 Å². The van der Waals surface area contributed by atoms with E-state index in [0.717, 1.165) is 5.56 Å². The highest BCUT2D eigenvalue weighted by Gasteiger charge is 2.56. The molecule has 128 valence electrons. The van der Waals surface area contributed by atoms with E-state index in [1.54, 1.807) is 12.1 Å². The number of methoxy groups -OCH3 is 2. The summed E-state index contributed by atoms with van der Waals surface area (Å²) in [5.41, 5.74) is 0.314. The van der Waals surface area contributed by atoms with E-state index in [4.69, 9.17) is 14.2 Å². The van der Waals surface area contributed by atoms with E-state index >= 15 is 0 Å². The molecular weight excluding hydrogens is 320 g/mol. The maximum atomic E-state index is 12.7. The molecule has 0 saturated carbocycles. The Morgan fingerprint density at radius 3 is 2.16 bits per heavy atom. The Hall–Kier alpha value is -3.08. The molecule has 1 aliphatic heterocycles. The number of ether oxygens (including phenoxy) is 3. The topological polar surface area (TPSA) is 61.8 Å². The molecule has 0 bridgehead atoms. The van der Waals surface area contributed by atoms with Crippen molar-refractivity contribution in [2.75, 3.05) is 14.2 Å². The zero-order valence-corrected chi connectivity index (χ0v) is 14.0. The van der Waals surface area contributed by atoms with Crippen molar-refractivity contribution in [3.63, 3.8) is 0 Å². The summed E-state index contributed by atoms with van der Waals surface area (Å²) >= 11 is 0. The molecule has 0 radical (unpaired) electrons. The van der Waals surface area contributed by atoms with Crippen LogP contribution in [0.1, 0.15) is 11.1 Å². The molecule has 0 aliphatic carbocycles. The number of carbonyl (C=O) groups is 2. The van der Waals surface area contributed by atoms with Crippen LogP contribution < -0.4 is 0 Å². The summed E-state index contributed by atoms with van der Waals surface area (Å²) in [4.78, 5) is 25.1. The van der Waals surface area contributed by atoms with Gasteiger partial charge < -0.3 is 14.2 Å². The van der Waals surface area contributed by atoms with Crippen molar-refractivity contribution in [2.45, 2.75) is 12.0 Å². The van der Waals surface area contributed by atoms with Gasteiger partial charge in [0.25, 0.3) is 0 Å². The first kappa shape index (κ1) is 16.8. The molecule has 0 N–H and O–H groups in total. The highest BCUT2D eigenvalue weighted by atomic mass is 16.6. The number of rotatable bonds is 5. The van der Waals surface area contributed by atoms with E-state index in [9.17, 15) is 9.59 Å². The van der Waals surface area contributed by atoms with Crippen molar-refractivity contribution < 1.29 is 23.8 Å². The largest absolute Gasteiger partial charge is 0.490 e. The molecule has 0 amide bonds. The van der Waals surface area contributed by atoms with Crippen molar-refractivity contribution in [2.24, 2.45) is 0 Å². The van der Waals surface area contributed by atoms with E-state index in [0.29, 0.717) is 11.1 Å². The maximum Gasteiger partial charge on any atom is 0.375 e. The fraction of sp³-hybridized carbons (Fsp3) is 0.200. The van der Waals surface area contributed by atoms with Crippen LogP contribution in [0.4, 0.5) is 0 Å². The molecule has 3 rings (SSSR count). The third-order valence-corrected chi connectivity index (χ3v) is 4.16. The predicted octanol–water partition coefficient (Wildman–Crippen LogP) is 2.76. The second-order valence-electron chi connectivity index (χ2n) is 5.64. The molecule has 5 nitrogen and oxygen atoms in total. The quantitative estimate of drug-likeness (QED) is 0.785. The van der Waals surface area contributed by atoms with Crippen LogP contribution >= 0.6 is 0 Å². The minimum absolute atomic E-state index is 0.0209. The van der Waals surface area contributed by atoms with Crippen molar-refractivity contribution in [1.82, 2.24) is 0 Å². The van der Waals surface area contributed by atoms with Gasteiger partial charge in [-0.3, -0.25) is 0 Å². The lowest BCUT2D eigenvalue weighted by Gasteiger charge is -2.28. The molecule has 25 heavy (non-hydrogen) atoms. The Balaban J connectivity index is 2.20. The highest BCUT2D eigenvalue weighted by molar-refractivity contribution is 6.11. The van der Waals surface area contributed by atoms with E-state index in [2.05, 4.69) is 0 Å². The standard InChI is InChI=1S/C20H18O5/c1-23-17-16(15-11-7-4-8-12-15)20(19(22)24-2,25-18(17)21)13-14-9-5-3-6-10-14/h3-12H,13H2,1-2H3. The van der Waals surface area contributed by atoms with Crippen LogP contribution in [0.3, 0.4) is 0 Å². The zero-order valence-electron chi connectivity index (χ0n) is 14.0. The Bertz CT molecular complexity index is 810. The summed E-state index contributed by atoms with van der Waals surface area (Å²) in [5, 5.41) is 0. The van der Waals surface area contributed by atoms with E-state index in [1.807, 2.05) is 48.5 Å². The normalized spacial score (nSPS) is 19.5. The van der Waals surface area contributed by atoms with E-state index < -0.39 is 17.5 Å². The van der Waals surface area contributed by atoms with E-state index in [-0.39, 0.29) is 12.2 Å². The fourth-order valence-corrected chi connectivity index (χ4v) is 3.08. The van der Waals surface area contributed by atoms with Crippen molar-refractivity contribution in [3.8, 4) is 0 Å². The summed E-state index contributed by atoms with van der Waals surface area (Å²) < 4.78 is 15.8. The Morgan fingerprint density at radius 1 is 1.00 bits per heavy atom. The number of esters is 2. The van der Waals surface area contributed by atoms with Gasteiger partial charge in [-0.2, -0.15) is 0 Å². The van der Waals surface area contributed by atoms with Gasteiger partial charge in [0.05, 0.1) is 19.8 Å². The van der Waals surface area contributed by atoms with Gasteiger partial charge in [-0.15, -0.1) is 0 Å². The maximum absolute atomic E-state index is 12.7. The number of hydrogen-bond acceptors (Lipinski definition) is 5. The predicted molar refractivity (Wildman–Crippen MR) is 91.4 cm³/mol. The van der Waals surface area contributed by atoms with Crippen LogP contribution in [0.25, 0.3) is 5.57 Å². The molecule has 1 aliphatic rings. The second kappa shape index (κ2) is 6.81. The number of hydrogen-bond donors (Lipinski definition) is 0. The van der Waals surface area contributed by atoms with Crippen LogP contribution in [0, 0.1) is 0 Å². The molecular formula is C20H18O5. The molecule has 2 aromatic carbocycles. The molecule has 1 unspecified atom stereocenters. The number of cyclic esters (lactones) is 1. The van der Waals surface area contributed by atoms with E-state index in [1.165, 1.54) is 14.2 Å². The lowest BCUT2D eigenvalue weighted by Crippen LogP contribution is -2.44. The molecule has 1 heterocycles. The SMILES string of the molecule is COC(=O)C1(Cc2ccccc2)OC(=O)C(OC)=C1c1ccccc1. The molecule has 0 spiro atoms. The summed E-state index contributed by atoms with van der Waals surface area (Å²) in [7, 11) is 2.66. The van der Waals surface area contributed by atoms with Gasteiger partial charge in [0.15, 0.2) is 0 Å². The van der Waals surface area contributed by atoms with Crippen molar-refractivity contribution >= 4 is 17.5 Å². The monoisotopic (exact) mass is 338 g/mol. The van der Waals surface area contributed by atoms with Gasteiger partial charge in [0.1, 0.15) is 0 Å². The minimum Gasteiger partial charge on any atom is -0.490 e. The molecule has 0 saturated heterocycles. The van der Waals surface area contributed by atoms with Gasteiger partial charge >= 0.3 is 11.9 Å². The van der Waals surface area contributed by atoms with Gasteiger partial charge in [-0.1, -0.05) is 60.7 Å². The average molecular weight is 338 g/mol. The van der Waals surface area contributed by atoms with Gasteiger partial charge in [-0.25, -0.2) is 9.59 Å². The van der Waals surface area contributed by atoms with Crippen molar-refractivity contribution in [3.05, 3.63) is 77.5 Å². The van der Waals surface area contributed by atoms with Crippen LogP contribution in [0.2, 0.25) is 0 Å². The molecule has 2 aromatic rings. The number of carbonyl (C=O) groups excluding carboxylic acids is 2. The fourth-order valence-electron chi connectivity index (χ4n) is 3.08. The van der Waals surface area contributed by atoms with Crippen LogP contribution in [0.5, 0.6) is 0 Å². The first-order valence-corrected chi connectivity index (χ1v) is 7.82. The number of benzene rings is 2. The van der Waals surface area contributed by atoms with Gasteiger partial charge in [-0.05, 0) is 11.1 Å². The lowest BCUT2D eigenvalue weighted by atomic mass is 9.83. The van der Waals surface area contributed by atoms with Crippen LogP contribution in [0.15, 0.2) is 66.4 Å². The first-order chi connectivity index (χ1) is 12.1. The Kier molecular flexibility index (Phi) is 4.57. The van der Waals surface area contributed by atoms with Gasteiger partial charge in [0.2, 0.25) is 11.4 Å². The second-order valence-corrected chi connectivity index (χ2v) is 5.64. The van der Waals surface area contributed by atoms with Crippen LogP contribution in [-0.4, -0.2) is 31.8 Å². The molecule has 1 atom stereocenters. The average Bonchev–Trinajstić information content (AvgIpc) is 2.94. The Morgan fingerprint density at radius 2 is 1.60 bits per heavy atom. The molecule has 0 aromatic heterocycles. The summed E-state index contributed by atoms with van der Waals surface area (Å²) in [6, 6.07) is 18.4. The summed E-state index contributed by atoms with van der Waals surface area (Å²) in [5.74, 6) is -1.30. The summed E-state index contributed by atoms with van der Waals surface area (Å²) in [6.07, 6.45) is 0.156. The highest BCUT2D eigenvalue weighted by Crippen LogP contribution is 2.43. The Labute approximate surface area is 145 Å². The molecule has 5 heteroatoms. The van der Waals surface area contributed by atoms with Crippen molar-refractivity contribution in [1.29, 1.82) is 0 Å². The molecule has 0 fully saturated rings. The van der Waals surface area contributed by atoms with Gasteiger partial charge in [0, 0.05) is 6.42 Å².